The molecule has 10 N–H and O–H groups in total. The Balaban J connectivity index is 4.74. The molecule has 26 heavy (non-hydrogen) atoms. The van der Waals surface area contributed by atoms with Crippen LogP contribution in [0.25, 0.3) is 0 Å². The summed E-state index contributed by atoms with van der Waals surface area (Å²) in [5.74, 6) is -4.79. The zero-order chi connectivity index (χ0) is 20.3. The van der Waals surface area contributed by atoms with E-state index in [9.17, 15) is 24.0 Å². The van der Waals surface area contributed by atoms with Crippen LogP contribution in [0, 0.1) is 0 Å². The first-order chi connectivity index (χ1) is 12.1. The molecule has 13 nitrogen and oxygen atoms in total. The van der Waals surface area contributed by atoms with Crippen molar-refractivity contribution < 1.29 is 39.3 Å². The number of amides is 4. The van der Waals surface area contributed by atoms with Crippen molar-refractivity contribution >= 4 is 29.6 Å². The van der Waals surface area contributed by atoms with Crippen molar-refractivity contribution in [3.05, 3.63) is 0 Å². The second kappa shape index (κ2) is 11.7. The monoisotopic (exact) mass is 377 g/mol. The predicted octanol–water partition coefficient (Wildman–Crippen LogP) is -5.27. The maximum absolute atomic E-state index is 12.1. The minimum absolute atomic E-state index is 0.179. The van der Waals surface area contributed by atoms with E-state index in [0.717, 1.165) is 0 Å². The van der Waals surface area contributed by atoms with E-state index in [0.29, 0.717) is 0 Å². The number of carboxylic acids is 1. The van der Waals surface area contributed by atoms with E-state index < -0.39 is 67.5 Å². The molecule has 0 saturated carbocycles. The van der Waals surface area contributed by atoms with Crippen molar-refractivity contribution in [2.24, 2.45) is 11.5 Å². The second-order valence-electron chi connectivity index (χ2n) is 5.21. The standard InChI is InChI=1S/C13H23N5O8/c14-6(4-19)11(23)18-7(1-2-9(15)21)12(24)16-3-10(22)17-8(5-20)13(25)26/h6-8,19-20H,1-5,14H2,(H2,15,21)(H,16,24)(H,17,22)(H,18,23)(H,25,26)/t6-,7-,8-/m0/s1. The molecule has 0 heterocycles. The van der Waals surface area contributed by atoms with Crippen molar-refractivity contribution in [1.29, 1.82) is 0 Å². The first kappa shape index (κ1) is 23.2. The van der Waals surface area contributed by atoms with Gasteiger partial charge in [0.1, 0.15) is 18.1 Å². The number of nitrogens with one attached hydrogen (secondary N) is 3. The number of hydrogen-bond donors (Lipinski definition) is 8. The lowest BCUT2D eigenvalue weighted by atomic mass is 10.1. The van der Waals surface area contributed by atoms with E-state index in [1.807, 2.05) is 5.32 Å². The van der Waals surface area contributed by atoms with Crippen LogP contribution in [-0.4, -0.2) is 82.8 Å². The van der Waals surface area contributed by atoms with Gasteiger partial charge in [0, 0.05) is 6.42 Å². The topological polar surface area (TPSA) is 234 Å². The summed E-state index contributed by atoms with van der Waals surface area (Å²) < 4.78 is 0. The number of aliphatic hydroxyl groups is 2. The fourth-order valence-electron chi connectivity index (χ4n) is 1.64. The summed E-state index contributed by atoms with van der Waals surface area (Å²) in [4.78, 5) is 56.9. The van der Waals surface area contributed by atoms with Crippen LogP contribution in [0.5, 0.6) is 0 Å². The van der Waals surface area contributed by atoms with Crippen molar-refractivity contribution in [2.45, 2.75) is 31.0 Å². The number of hydrogen-bond acceptors (Lipinski definition) is 8. The molecule has 0 spiro atoms. The lowest BCUT2D eigenvalue weighted by molar-refractivity contribution is -0.142. The van der Waals surface area contributed by atoms with Crippen LogP contribution in [0.4, 0.5) is 0 Å². The fraction of sp³-hybridized carbons (Fsp3) is 0.615. The van der Waals surface area contributed by atoms with Crippen LogP contribution in [0.1, 0.15) is 12.8 Å². The quantitative estimate of drug-likeness (QED) is 0.162. The summed E-state index contributed by atoms with van der Waals surface area (Å²) in [6.07, 6.45) is -0.425. The van der Waals surface area contributed by atoms with Gasteiger partial charge in [0.15, 0.2) is 0 Å². The molecule has 0 bridgehead atoms. The average Bonchev–Trinajstić information content (AvgIpc) is 2.59. The summed E-state index contributed by atoms with van der Waals surface area (Å²) >= 11 is 0. The van der Waals surface area contributed by atoms with Crippen LogP contribution in [0.3, 0.4) is 0 Å². The number of carbonyl (C=O) groups is 5. The van der Waals surface area contributed by atoms with Gasteiger partial charge in [-0.2, -0.15) is 0 Å². The highest BCUT2D eigenvalue weighted by molar-refractivity contribution is 5.92. The Morgan fingerprint density at radius 3 is 2.00 bits per heavy atom. The molecule has 0 aromatic carbocycles. The average molecular weight is 377 g/mol. The molecule has 0 aliphatic heterocycles. The Hall–Kier alpha value is -2.77. The number of carbonyl (C=O) groups excluding carboxylic acids is 4. The van der Waals surface area contributed by atoms with Crippen molar-refractivity contribution in [2.75, 3.05) is 19.8 Å². The number of aliphatic carboxylic acids is 1. The number of primary amides is 1. The van der Waals surface area contributed by atoms with Crippen LogP contribution in [0.15, 0.2) is 0 Å². The van der Waals surface area contributed by atoms with Crippen molar-refractivity contribution in [1.82, 2.24) is 16.0 Å². The zero-order valence-electron chi connectivity index (χ0n) is 13.8. The first-order valence-corrected chi connectivity index (χ1v) is 7.48. The van der Waals surface area contributed by atoms with E-state index in [1.165, 1.54) is 0 Å². The molecule has 0 saturated heterocycles. The van der Waals surface area contributed by atoms with Gasteiger partial charge >= 0.3 is 5.97 Å². The van der Waals surface area contributed by atoms with Gasteiger partial charge in [0.05, 0.1) is 19.8 Å². The van der Waals surface area contributed by atoms with Crippen molar-refractivity contribution in [3.63, 3.8) is 0 Å². The summed E-state index contributed by atoms with van der Waals surface area (Å²) in [5.41, 5.74) is 10.3. The molecule has 0 aromatic rings. The minimum Gasteiger partial charge on any atom is -0.480 e. The molecule has 0 fully saturated rings. The summed E-state index contributed by atoms with van der Waals surface area (Å²) in [6.45, 7) is -2.15. The highest BCUT2D eigenvalue weighted by atomic mass is 16.4. The van der Waals surface area contributed by atoms with Gasteiger partial charge in [-0.1, -0.05) is 0 Å². The first-order valence-electron chi connectivity index (χ1n) is 7.48. The number of carboxylic acid groups (broad SMARTS) is 1. The van der Waals surface area contributed by atoms with Gasteiger partial charge in [-0.3, -0.25) is 19.2 Å². The van der Waals surface area contributed by atoms with Crippen LogP contribution < -0.4 is 27.4 Å². The highest BCUT2D eigenvalue weighted by Gasteiger charge is 2.25. The molecule has 0 aliphatic carbocycles. The smallest absolute Gasteiger partial charge is 0.328 e. The minimum atomic E-state index is -1.53. The Kier molecular flexibility index (Phi) is 10.5. The largest absolute Gasteiger partial charge is 0.480 e. The lowest BCUT2D eigenvalue weighted by Gasteiger charge is -2.20. The van der Waals surface area contributed by atoms with E-state index in [4.69, 9.17) is 26.8 Å². The molecule has 3 atom stereocenters. The maximum atomic E-state index is 12.1. The molecular weight excluding hydrogens is 354 g/mol. The summed E-state index contributed by atoms with van der Waals surface area (Å²) in [5, 5.41) is 32.6. The molecule has 13 heteroatoms. The van der Waals surface area contributed by atoms with Gasteiger partial charge in [0.25, 0.3) is 0 Å². The van der Waals surface area contributed by atoms with Gasteiger partial charge in [-0.25, -0.2) is 4.79 Å². The second-order valence-corrected chi connectivity index (χ2v) is 5.21. The van der Waals surface area contributed by atoms with Crippen LogP contribution in [0.2, 0.25) is 0 Å². The number of nitrogens with two attached hydrogens (primary N) is 2. The molecule has 0 rings (SSSR count). The number of rotatable bonds is 12. The third-order valence-electron chi connectivity index (χ3n) is 3.08. The lowest BCUT2D eigenvalue weighted by Crippen LogP contribution is -2.54. The van der Waals surface area contributed by atoms with Crippen LogP contribution >= 0.6 is 0 Å². The Morgan fingerprint density at radius 2 is 1.54 bits per heavy atom. The maximum Gasteiger partial charge on any atom is 0.328 e. The third kappa shape index (κ3) is 8.91. The van der Waals surface area contributed by atoms with Gasteiger partial charge in [0.2, 0.25) is 23.6 Å². The number of aliphatic hydroxyl groups excluding tert-OH is 2. The van der Waals surface area contributed by atoms with Gasteiger partial charge in [-0.05, 0) is 6.42 Å². The normalized spacial score (nSPS) is 13.8. The van der Waals surface area contributed by atoms with E-state index in [-0.39, 0.29) is 12.8 Å². The zero-order valence-corrected chi connectivity index (χ0v) is 13.8. The Morgan fingerprint density at radius 1 is 0.923 bits per heavy atom. The Bertz CT molecular complexity index is 541. The highest BCUT2D eigenvalue weighted by Crippen LogP contribution is 1.98. The summed E-state index contributed by atoms with van der Waals surface area (Å²) in [6, 6.07) is -4.08. The van der Waals surface area contributed by atoms with E-state index >= 15 is 0 Å². The molecule has 0 aliphatic rings. The molecular formula is C13H23N5O8. The SMILES string of the molecule is NC(=O)CC[C@H](NC(=O)[C@@H](N)CO)C(=O)NCC(=O)N[C@@H](CO)C(=O)O. The van der Waals surface area contributed by atoms with Gasteiger partial charge in [-0.15, -0.1) is 0 Å². The van der Waals surface area contributed by atoms with Gasteiger partial charge < -0.3 is 42.7 Å². The molecule has 0 aromatic heterocycles. The fourth-order valence-corrected chi connectivity index (χ4v) is 1.64. The van der Waals surface area contributed by atoms with Crippen LogP contribution in [-0.2, 0) is 24.0 Å². The molecule has 4 amide bonds. The molecule has 0 unspecified atom stereocenters. The summed E-state index contributed by atoms with van der Waals surface area (Å²) in [7, 11) is 0. The van der Waals surface area contributed by atoms with Crippen molar-refractivity contribution in [3.8, 4) is 0 Å². The molecule has 148 valence electrons. The predicted molar refractivity (Wildman–Crippen MR) is 85.1 cm³/mol. The van der Waals surface area contributed by atoms with E-state index in [2.05, 4.69) is 10.6 Å². The van der Waals surface area contributed by atoms with E-state index in [1.54, 1.807) is 0 Å². The third-order valence-corrected chi connectivity index (χ3v) is 3.08. The molecule has 0 radical (unpaired) electrons. The Labute approximate surface area is 148 Å².